The van der Waals surface area contributed by atoms with Crippen LogP contribution in [0.15, 0.2) is 48.5 Å². The van der Waals surface area contributed by atoms with Crippen LogP contribution in [0.3, 0.4) is 0 Å². The van der Waals surface area contributed by atoms with E-state index in [0.29, 0.717) is 0 Å². The Kier molecular flexibility index (Phi) is 8.37. The molecule has 0 aliphatic rings. The maximum absolute atomic E-state index is 2.60. The highest BCUT2D eigenvalue weighted by atomic mass is 28.4. The summed E-state index contributed by atoms with van der Waals surface area (Å²) in [6.45, 7) is 12.2. The van der Waals surface area contributed by atoms with E-state index in [2.05, 4.69) is 82.0 Å². The number of rotatable bonds is 10. The average Bonchev–Trinajstić information content (AvgIpc) is 2.65. The molecular weight excluding hydrogens is 344 g/mol. The summed E-state index contributed by atoms with van der Waals surface area (Å²) in [7, 11) is -2.25. The Bertz CT molecular complexity index is 589. The van der Waals surface area contributed by atoms with Crippen LogP contribution in [-0.4, -0.2) is 16.9 Å². The van der Waals surface area contributed by atoms with Gasteiger partial charge in [0.1, 0.15) is 8.07 Å². The van der Waals surface area contributed by atoms with Crippen molar-refractivity contribution in [3.05, 3.63) is 59.7 Å². The van der Waals surface area contributed by atoms with Crippen molar-refractivity contribution in [1.29, 1.82) is 0 Å². The summed E-state index contributed by atoms with van der Waals surface area (Å²) in [6.07, 6.45) is 7.59. The van der Waals surface area contributed by atoms with Crippen molar-refractivity contribution in [3.63, 3.8) is 0 Å². The van der Waals surface area contributed by atoms with Crippen LogP contribution in [0.25, 0.3) is 0 Å². The normalized spacial score (nSPS) is 11.9. The Morgan fingerprint density at radius 3 is 1.38 bits per heavy atom. The molecule has 0 radical (unpaired) electrons. The van der Waals surface area contributed by atoms with Crippen LogP contribution in [0, 0.1) is 0 Å². The smallest absolute Gasteiger partial charge is 0.0724 e. The summed E-state index contributed by atoms with van der Waals surface area (Å²) in [5.74, 6) is 0. The van der Waals surface area contributed by atoms with Crippen LogP contribution in [0.1, 0.15) is 50.7 Å². The van der Waals surface area contributed by atoms with Gasteiger partial charge in [-0.1, -0.05) is 111 Å². The van der Waals surface area contributed by atoms with Crippen LogP contribution in [-0.2, 0) is 12.8 Å². The number of unbranched alkanes of at least 4 members (excludes halogenated alkanes) is 2. The molecule has 0 fully saturated rings. The van der Waals surface area contributed by atoms with Gasteiger partial charge in [-0.05, 0) is 36.8 Å². The van der Waals surface area contributed by atoms with Gasteiger partial charge in [0.15, 0.2) is 0 Å². The topological polar surface area (TPSA) is 0 Å². The molecule has 0 heterocycles. The SMILES string of the molecule is CCCCc1ccc([Si](C)(C[SiH](C)C)c2ccc(CCCC)cc2)cc1. The number of hydrogen-bond donors (Lipinski definition) is 0. The van der Waals surface area contributed by atoms with Gasteiger partial charge in [-0.25, -0.2) is 0 Å². The second-order valence-electron chi connectivity index (χ2n) is 8.53. The molecule has 0 nitrogen and oxygen atoms in total. The molecule has 2 rings (SSSR count). The van der Waals surface area contributed by atoms with E-state index in [4.69, 9.17) is 0 Å². The molecule has 0 unspecified atom stereocenters. The van der Waals surface area contributed by atoms with Gasteiger partial charge in [0.2, 0.25) is 0 Å². The molecule has 0 aliphatic carbocycles. The largest absolute Gasteiger partial charge is 0.112 e. The van der Waals surface area contributed by atoms with E-state index in [1.807, 2.05) is 0 Å². The predicted molar refractivity (Wildman–Crippen MR) is 125 cm³/mol. The van der Waals surface area contributed by atoms with Gasteiger partial charge in [-0.3, -0.25) is 0 Å². The minimum atomic E-state index is -1.61. The predicted octanol–water partition coefficient (Wildman–Crippen LogP) is 5.59. The lowest BCUT2D eigenvalue weighted by Crippen LogP contribution is -2.57. The van der Waals surface area contributed by atoms with Crippen molar-refractivity contribution in [2.24, 2.45) is 0 Å². The Morgan fingerprint density at radius 2 is 1.08 bits per heavy atom. The van der Waals surface area contributed by atoms with Gasteiger partial charge in [0.05, 0.1) is 0 Å². The molecule has 0 aliphatic heterocycles. The lowest BCUT2D eigenvalue weighted by atomic mass is 10.1. The highest BCUT2D eigenvalue weighted by Crippen LogP contribution is 2.16. The van der Waals surface area contributed by atoms with Crippen molar-refractivity contribution < 1.29 is 0 Å². The molecule has 142 valence electrons. The monoisotopic (exact) mass is 382 g/mol. The molecule has 0 amide bonds. The third-order valence-electron chi connectivity index (χ3n) is 5.64. The Hall–Kier alpha value is -1.13. The first kappa shape index (κ1) is 21.2. The second-order valence-corrected chi connectivity index (χ2v) is 16.8. The number of benzene rings is 2. The van der Waals surface area contributed by atoms with Gasteiger partial charge in [-0.2, -0.15) is 0 Å². The fourth-order valence-corrected chi connectivity index (χ4v) is 14.6. The maximum atomic E-state index is 2.60. The van der Waals surface area contributed by atoms with Gasteiger partial charge in [-0.15, -0.1) is 0 Å². The molecule has 0 bridgehead atoms. The lowest BCUT2D eigenvalue weighted by molar-refractivity contribution is 0.795. The lowest BCUT2D eigenvalue weighted by Gasteiger charge is -2.30. The van der Waals surface area contributed by atoms with Crippen molar-refractivity contribution in [2.45, 2.75) is 77.7 Å². The minimum absolute atomic E-state index is 0.635. The third-order valence-corrected chi connectivity index (χ3v) is 15.4. The average molecular weight is 383 g/mol. The quantitative estimate of drug-likeness (QED) is 0.470. The minimum Gasteiger partial charge on any atom is -0.0724 e. The fraction of sp³-hybridized carbons (Fsp3) is 0.500. The highest BCUT2D eigenvalue weighted by molar-refractivity contribution is 7.06. The molecule has 0 spiro atoms. The molecule has 2 heteroatoms. The summed E-state index contributed by atoms with van der Waals surface area (Å²) in [4.78, 5) is 0. The highest BCUT2D eigenvalue weighted by Gasteiger charge is 2.32. The van der Waals surface area contributed by atoms with E-state index in [9.17, 15) is 0 Å². The van der Waals surface area contributed by atoms with Gasteiger partial charge in [0.25, 0.3) is 0 Å². The second kappa shape index (κ2) is 10.3. The molecule has 26 heavy (non-hydrogen) atoms. The van der Waals surface area contributed by atoms with Gasteiger partial charge >= 0.3 is 0 Å². The molecule has 0 saturated heterocycles. The van der Waals surface area contributed by atoms with Gasteiger partial charge < -0.3 is 0 Å². The van der Waals surface area contributed by atoms with E-state index < -0.39 is 16.9 Å². The van der Waals surface area contributed by atoms with E-state index >= 15 is 0 Å². The zero-order valence-electron chi connectivity index (χ0n) is 17.6. The Balaban J connectivity index is 2.29. The molecule has 2 aromatic carbocycles. The Labute approximate surface area is 164 Å². The van der Waals surface area contributed by atoms with Crippen molar-refractivity contribution in [1.82, 2.24) is 0 Å². The zero-order chi connectivity index (χ0) is 19.0. The van der Waals surface area contributed by atoms with Crippen LogP contribution in [0.5, 0.6) is 0 Å². The molecule has 0 aromatic heterocycles. The maximum Gasteiger partial charge on any atom is 0.112 e. The summed E-state index contributed by atoms with van der Waals surface area (Å²) in [6, 6.07) is 19.4. The molecule has 0 N–H and O–H groups in total. The van der Waals surface area contributed by atoms with Crippen molar-refractivity contribution in [2.75, 3.05) is 0 Å². The fourth-order valence-electron chi connectivity index (χ4n) is 4.06. The third kappa shape index (κ3) is 5.69. The first-order valence-corrected chi connectivity index (χ1v) is 16.5. The van der Waals surface area contributed by atoms with Crippen LogP contribution in [0.4, 0.5) is 0 Å². The van der Waals surface area contributed by atoms with Crippen molar-refractivity contribution in [3.8, 4) is 0 Å². The van der Waals surface area contributed by atoms with Crippen LogP contribution >= 0.6 is 0 Å². The summed E-state index contributed by atoms with van der Waals surface area (Å²) >= 11 is 0. The van der Waals surface area contributed by atoms with E-state index in [0.717, 1.165) is 0 Å². The summed E-state index contributed by atoms with van der Waals surface area (Å²) in [5.41, 5.74) is 4.46. The van der Waals surface area contributed by atoms with E-state index in [1.54, 1.807) is 10.4 Å². The molecule has 0 atom stereocenters. The van der Waals surface area contributed by atoms with Gasteiger partial charge in [0, 0.05) is 8.80 Å². The van der Waals surface area contributed by atoms with E-state index in [-0.39, 0.29) is 0 Å². The van der Waals surface area contributed by atoms with Crippen molar-refractivity contribution >= 4 is 27.2 Å². The Morgan fingerprint density at radius 1 is 0.692 bits per heavy atom. The molecular formula is C24H38Si2. The van der Waals surface area contributed by atoms with Crippen LogP contribution in [0.2, 0.25) is 25.3 Å². The molecule has 2 aromatic rings. The number of aryl methyl sites for hydroxylation is 2. The number of hydrogen-bond acceptors (Lipinski definition) is 0. The molecule has 0 saturated carbocycles. The standard InChI is InChI=1S/C24H38Si2/c1-6-8-10-21-12-16-23(17-13-21)26(5,20-25(3)4)24-18-14-22(15-19-24)11-9-7-2/h12-19,25H,6-11,20H2,1-5H3. The summed E-state index contributed by atoms with van der Waals surface area (Å²) in [5, 5.41) is 3.25. The summed E-state index contributed by atoms with van der Waals surface area (Å²) < 4.78 is 0. The van der Waals surface area contributed by atoms with Crippen LogP contribution < -0.4 is 10.4 Å². The first-order valence-electron chi connectivity index (χ1n) is 10.7. The zero-order valence-corrected chi connectivity index (χ0v) is 19.8. The van der Waals surface area contributed by atoms with E-state index in [1.165, 1.54) is 55.3 Å². The first-order chi connectivity index (χ1) is 12.5.